The molecular formula is C48H53FN9O6P. The summed E-state index contributed by atoms with van der Waals surface area (Å²) in [5.74, 6) is -0.0225. The average Bonchev–Trinajstić information content (AvgIpc) is 3.60. The number of aromatic nitrogens is 7. The van der Waals surface area contributed by atoms with Gasteiger partial charge in [-0.3, -0.25) is 23.4 Å². The zero-order chi connectivity index (χ0) is 45.5. The van der Waals surface area contributed by atoms with Crippen LogP contribution in [0.25, 0.3) is 22.7 Å². The Morgan fingerprint density at radius 2 is 1.71 bits per heavy atom. The molecule has 1 aliphatic carbocycles. The number of nitrogens with one attached hydrogen (secondary N) is 2. The van der Waals surface area contributed by atoms with Gasteiger partial charge in [-0.15, -0.1) is 0 Å². The summed E-state index contributed by atoms with van der Waals surface area (Å²) in [6.07, 6.45) is 12.0. The third-order valence-corrected chi connectivity index (χ3v) is 17.5. The Morgan fingerprint density at radius 3 is 2.37 bits per heavy atom. The number of rotatable bonds is 11. The molecule has 2 fully saturated rings. The van der Waals surface area contributed by atoms with Crippen molar-refractivity contribution >= 4 is 29.6 Å². The maximum atomic E-state index is 15.4. The second-order valence-corrected chi connectivity index (χ2v) is 21.3. The number of amides is 1. The van der Waals surface area contributed by atoms with E-state index in [9.17, 15) is 14.2 Å². The number of benzene rings is 2. The Labute approximate surface area is 374 Å². The van der Waals surface area contributed by atoms with Crippen LogP contribution in [0.15, 0.2) is 81.4 Å². The minimum atomic E-state index is -2.65. The quantitative estimate of drug-likeness (QED) is 0.127. The van der Waals surface area contributed by atoms with Crippen molar-refractivity contribution in [1.29, 1.82) is 0 Å². The first kappa shape index (κ1) is 42.7. The highest BCUT2D eigenvalue weighted by atomic mass is 31.2. The highest BCUT2D eigenvalue weighted by Crippen LogP contribution is 2.55. The van der Waals surface area contributed by atoms with Crippen molar-refractivity contribution in [3.8, 4) is 17.2 Å². The number of imidazole rings is 1. The second kappa shape index (κ2) is 16.0. The first-order valence-electron chi connectivity index (χ1n) is 22.5. The van der Waals surface area contributed by atoms with Gasteiger partial charge in [0.25, 0.3) is 5.91 Å². The van der Waals surface area contributed by atoms with E-state index in [0.717, 1.165) is 40.5 Å². The number of halogens is 1. The van der Waals surface area contributed by atoms with Crippen molar-refractivity contribution in [1.82, 2.24) is 38.4 Å². The number of nitrogens with zero attached hydrogens (tertiary/aromatic N) is 7. The Hall–Kier alpha value is -6.25. The number of fused-ring (bicyclic) bond motifs is 2. The van der Waals surface area contributed by atoms with Crippen molar-refractivity contribution < 1.29 is 23.0 Å². The van der Waals surface area contributed by atoms with Crippen LogP contribution in [0.2, 0.25) is 0 Å². The first-order valence-corrected chi connectivity index (χ1v) is 24.6. The van der Waals surface area contributed by atoms with Gasteiger partial charge in [0, 0.05) is 92.5 Å². The summed E-state index contributed by atoms with van der Waals surface area (Å²) in [6.45, 7) is 11.0. The summed E-state index contributed by atoms with van der Waals surface area (Å²) >= 11 is 0. The number of H-pyrrole nitrogens is 1. The van der Waals surface area contributed by atoms with Crippen LogP contribution < -0.4 is 22.1 Å². The molecule has 3 aliphatic rings. The van der Waals surface area contributed by atoms with Crippen molar-refractivity contribution in [2.75, 3.05) is 44.4 Å². The van der Waals surface area contributed by atoms with Gasteiger partial charge in [-0.05, 0) is 105 Å². The Bertz CT molecular complexity index is 3170. The maximum absolute atomic E-state index is 15.4. The van der Waals surface area contributed by atoms with E-state index >= 15 is 9.18 Å². The van der Waals surface area contributed by atoms with Crippen LogP contribution in [0.1, 0.15) is 108 Å². The molecule has 1 saturated heterocycles. The molecule has 0 bridgehead atoms. The first-order chi connectivity index (χ1) is 31.3. The minimum Gasteiger partial charge on any atom is -0.387 e. The smallest absolute Gasteiger partial charge is 0.387 e. The summed E-state index contributed by atoms with van der Waals surface area (Å²) in [4.78, 5) is 47.2. The van der Waals surface area contributed by atoms with Gasteiger partial charge in [0.1, 0.15) is 18.8 Å². The lowest BCUT2D eigenvalue weighted by Gasteiger charge is -2.34. The van der Waals surface area contributed by atoms with Crippen LogP contribution in [0.3, 0.4) is 0 Å². The van der Waals surface area contributed by atoms with Gasteiger partial charge in [0.15, 0.2) is 5.82 Å². The molecule has 65 heavy (non-hydrogen) atoms. The molecular weight excluding hydrogens is 849 g/mol. The molecule has 1 amide bonds. The van der Waals surface area contributed by atoms with Gasteiger partial charge < -0.3 is 23.9 Å². The van der Waals surface area contributed by atoms with E-state index in [1.807, 2.05) is 54.5 Å². The van der Waals surface area contributed by atoms with Crippen LogP contribution in [-0.2, 0) is 21.1 Å². The van der Waals surface area contributed by atoms with Crippen LogP contribution in [0.5, 0.6) is 0 Å². The van der Waals surface area contributed by atoms with Crippen molar-refractivity contribution in [3.05, 3.63) is 139 Å². The highest BCUT2D eigenvalue weighted by Gasteiger charge is 2.53. The Kier molecular flexibility index (Phi) is 10.5. The molecule has 7 heterocycles. The summed E-state index contributed by atoms with van der Waals surface area (Å²) in [5, 5.41) is 13.2. The predicted octanol–water partition coefficient (Wildman–Crippen LogP) is 7.30. The summed E-state index contributed by atoms with van der Waals surface area (Å²) in [5.41, 5.74) is 6.29. The second-order valence-electron chi connectivity index (χ2n) is 17.8. The zero-order valence-corrected chi connectivity index (χ0v) is 38.4. The topological polar surface area (TPSA) is 167 Å². The van der Waals surface area contributed by atoms with E-state index in [1.165, 1.54) is 9.13 Å². The summed E-state index contributed by atoms with van der Waals surface area (Å²) in [6, 6.07) is 12.6. The molecule has 1 saturated carbocycles. The van der Waals surface area contributed by atoms with Crippen molar-refractivity contribution in [3.63, 3.8) is 0 Å². The van der Waals surface area contributed by atoms with E-state index in [-0.39, 0.29) is 17.4 Å². The minimum absolute atomic E-state index is 0.209. The van der Waals surface area contributed by atoms with Gasteiger partial charge in [0.2, 0.25) is 0 Å². The normalized spacial score (nSPS) is 17.5. The molecule has 2 N–H and O–H groups in total. The third-order valence-electron chi connectivity index (χ3n) is 14.2. The number of pyridine rings is 1. The lowest BCUT2D eigenvalue weighted by Crippen LogP contribution is -2.40. The molecule has 0 unspecified atom stereocenters. The predicted molar refractivity (Wildman–Crippen MR) is 246 cm³/mol. The van der Waals surface area contributed by atoms with E-state index in [0.29, 0.717) is 108 Å². The number of carbonyl (C=O) groups is 1. The van der Waals surface area contributed by atoms with Crippen LogP contribution >= 0.6 is 7.14 Å². The summed E-state index contributed by atoms with van der Waals surface area (Å²) in [7, 11) is -0.868. The number of aryl methyl sites for hydroxylation is 2. The van der Waals surface area contributed by atoms with Crippen LogP contribution in [0.4, 0.5) is 10.1 Å². The summed E-state index contributed by atoms with van der Waals surface area (Å²) < 4.78 is 46.4. The molecule has 5 aromatic heterocycles. The lowest BCUT2D eigenvalue weighted by molar-refractivity contribution is 0.0675. The van der Waals surface area contributed by atoms with Gasteiger partial charge >= 0.3 is 11.4 Å². The Morgan fingerprint density at radius 1 is 0.985 bits per heavy atom. The number of aromatic amines is 1. The van der Waals surface area contributed by atoms with Crippen LogP contribution in [-0.4, -0.2) is 83.4 Å². The largest absolute Gasteiger partial charge is 0.438 e. The molecule has 2 aromatic carbocycles. The molecule has 15 nitrogen and oxygen atoms in total. The van der Waals surface area contributed by atoms with Gasteiger partial charge in [0.05, 0.1) is 39.6 Å². The fraction of sp³-hybridized carbons (Fsp3) is 0.396. The number of carbonyl (C=O) groups excluding carboxylic acids is 1. The average molecular weight is 902 g/mol. The monoisotopic (exact) mass is 901 g/mol. The highest BCUT2D eigenvalue weighted by molar-refractivity contribution is 7.71. The molecule has 0 radical (unpaired) electrons. The fourth-order valence-corrected chi connectivity index (χ4v) is 12.5. The third kappa shape index (κ3) is 6.86. The van der Waals surface area contributed by atoms with Gasteiger partial charge in [-0.2, -0.15) is 5.10 Å². The number of hydrogen-bond donors (Lipinski definition) is 2. The zero-order valence-electron chi connectivity index (χ0n) is 37.5. The fourth-order valence-electron chi connectivity index (χ4n) is 10.4. The SMILES string of the molecule is CCP(=O)(CC)c1ccc(-n2ccn(-c3c4c(nn3-c3cc(C)c(F)c(C)c3)CCN(C(=O)c3cn5cc(C6CCOCC6)ccc5c3C3(c5noc(=O)[nH]5)CC3)[C@@H]4C)c2=O)cc1NC. The van der Waals surface area contributed by atoms with Crippen molar-refractivity contribution in [2.45, 2.75) is 84.1 Å². The number of anilines is 1. The molecule has 338 valence electrons. The molecule has 0 spiro atoms. The van der Waals surface area contributed by atoms with E-state index < -0.39 is 24.4 Å². The number of ether oxygens (including phenoxy) is 1. The van der Waals surface area contributed by atoms with E-state index in [2.05, 4.69) is 33.8 Å². The molecule has 2 aliphatic heterocycles. The molecule has 1 atom stereocenters. The standard InChI is InChI=1S/C48H53FN9O6P/c1-7-65(62,8-2)39-12-10-33(25-37(39)50-6)56-19-20-57(47(56)61)43-40-30(5)55(18-13-36(40)52-58(43)34-23-28(3)42(49)29(4)24-34)44(59)35-27-54-26-32(31-14-21-63-22-15-31)9-11-38(54)41(35)48(16-17-48)45-51-46(60)64-53-45/h9-12,19-20,23-27,30-31,50H,7-8,13-18,21-22H2,1-6H3,(H,51,53,60)/t30-/m1/s1. The molecule has 10 rings (SSSR count). The molecule has 7 aromatic rings. The van der Waals surface area contributed by atoms with Crippen molar-refractivity contribution in [2.24, 2.45) is 0 Å². The van der Waals surface area contributed by atoms with E-state index in [1.54, 1.807) is 50.1 Å². The van der Waals surface area contributed by atoms with Gasteiger partial charge in [-0.25, -0.2) is 18.7 Å². The Balaban J connectivity index is 1.10. The van der Waals surface area contributed by atoms with Gasteiger partial charge in [-0.1, -0.05) is 25.1 Å². The van der Waals surface area contributed by atoms with E-state index in [4.69, 9.17) is 14.4 Å². The maximum Gasteiger partial charge on any atom is 0.438 e. The lowest BCUT2D eigenvalue weighted by atomic mass is 9.90. The van der Waals surface area contributed by atoms with Crippen LogP contribution in [0, 0.1) is 19.7 Å². The number of hydrogen-bond acceptors (Lipinski definition) is 9. The molecule has 17 heteroatoms.